The van der Waals surface area contributed by atoms with Crippen molar-refractivity contribution in [1.29, 1.82) is 0 Å². The molecule has 0 spiro atoms. The highest BCUT2D eigenvalue weighted by molar-refractivity contribution is 5.88. The second-order valence-corrected chi connectivity index (χ2v) is 2.68. The fourth-order valence-electron chi connectivity index (χ4n) is 1.05. The third kappa shape index (κ3) is 1.38. The van der Waals surface area contributed by atoms with E-state index in [4.69, 9.17) is 4.74 Å². The summed E-state index contributed by atoms with van der Waals surface area (Å²) >= 11 is 0. The van der Waals surface area contributed by atoms with Crippen molar-refractivity contribution in [2.45, 2.75) is 19.8 Å². The zero-order chi connectivity index (χ0) is 7.56. The highest BCUT2D eigenvalue weighted by Gasteiger charge is 2.21. The predicted molar refractivity (Wildman–Crippen MR) is 38.5 cm³/mol. The van der Waals surface area contributed by atoms with Crippen molar-refractivity contribution in [2.24, 2.45) is 5.92 Å². The van der Waals surface area contributed by atoms with Crippen LogP contribution in [-0.2, 0) is 9.53 Å². The quantitative estimate of drug-likeness (QED) is 0.407. The fraction of sp³-hybridized carbons (Fsp3) is 0.625. The summed E-state index contributed by atoms with van der Waals surface area (Å²) < 4.78 is 4.86. The van der Waals surface area contributed by atoms with E-state index in [1.165, 1.54) is 0 Å². The van der Waals surface area contributed by atoms with Crippen molar-refractivity contribution < 1.29 is 9.53 Å². The third-order valence-corrected chi connectivity index (χ3v) is 1.85. The maximum Gasteiger partial charge on any atom is 0.333 e. The van der Waals surface area contributed by atoms with Crippen molar-refractivity contribution in [2.75, 3.05) is 6.61 Å². The first-order valence-corrected chi connectivity index (χ1v) is 3.59. The van der Waals surface area contributed by atoms with E-state index in [9.17, 15) is 4.79 Å². The van der Waals surface area contributed by atoms with E-state index in [1.54, 1.807) is 0 Å². The molecule has 1 rings (SSSR count). The second-order valence-electron chi connectivity index (χ2n) is 2.68. The SMILES string of the molecule is C=C1C[C@@H](CC)COC1=O. The van der Waals surface area contributed by atoms with Crippen molar-refractivity contribution in [1.82, 2.24) is 0 Å². The van der Waals surface area contributed by atoms with E-state index in [-0.39, 0.29) is 5.97 Å². The van der Waals surface area contributed by atoms with E-state index >= 15 is 0 Å². The Morgan fingerprint density at radius 3 is 3.00 bits per heavy atom. The lowest BCUT2D eigenvalue weighted by molar-refractivity contribution is -0.143. The summed E-state index contributed by atoms with van der Waals surface area (Å²) in [6, 6.07) is 0. The summed E-state index contributed by atoms with van der Waals surface area (Å²) in [4.78, 5) is 10.7. The summed E-state index contributed by atoms with van der Waals surface area (Å²) in [5, 5.41) is 0. The van der Waals surface area contributed by atoms with Gasteiger partial charge in [0.05, 0.1) is 6.61 Å². The van der Waals surface area contributed by atoms with E-state index in [1.807, 2.05) is 0 Å². The Balaban J connectivity index is 2.48. The standard InChI is InChI=1S/C8H12O2/c1-3-7-4-6(2)8(9)10-5-7/h7H,2-5H2,1H3/t7-/m1/s1. The van der Waals surface area contributed by atoms with Crippen LogP contribution in [0.25, 0.3) is 0 Å². The van der Waals surface area contributed by atoms with Gasteiger partial charge in [0.2, 0.25) is 0 Å². The highest BCUT2D eigenvalue weighted by atomic mass is 16.5. The first-order valence-electron chi connectivity index (χ1n) is 3.59. The van der Waals surface area contributed by atoms with Crippen LogP contribution in [-0.4, -0.2) is 12.6 Å². The van der Waals surface area contributed by atoms with E-state index in [0.29, 0.717) is 18.1 Å². The van der Waals surface area contributed by atoms with Crippen molar-refractivity contribution >= 4 is 5.97 Å². The molecule has 10 heavy (non-hydrogen) atoms. The minimum atomic E-state index is -0.218. The largest absolute Gasteiger partial charge is 0.462 e. The number of hydrogen-bond acceptors (Lipinski definition) is 2. The van der Waals surface area contributed by atoms with Crippen LogP contribution >= 0.6 is 0 Å². The molecule has 1 heterocycles. The molecule has 0 aromatic heterocycles. The molecule has 56 valence electrons. The lowest BCUT2D eigenvalue weighted by Crippen LogP contribution is -2.22. The van der Waals surface area contributed by atoms with Gasteiger partial charge in [0.25, 0.3) is 0 Å². The minimum Gasteiger partial charge on any atom is -0.462 e. The molecule has 0 saturated carbocycles. The van der Waals surface area contributed by atoms with Crippen LogP contribution in [0.1, 0.15) is 19.8 Å². The van der Waals surface area contributed by atoms with Crippen LogP contribution in [0.5, 0.6) is 0 Å². The summed E-state index contributed by atoms with van der Waals surface area (Å²) in [6.45, 7) is 6.29. The molecule has 0 unspecified atom stereocenters. The van der Waals surface area contributed by atoms with E-state index in [2.05, 4.69) is 13.5 Å². The molecule has 0 N–H and O–H groups in total. The lowest BCUT2D eigenvalue weighted by Gasteiger charge is -2.21. The molecule has 1 fully saturated rings. The Bertz CT molecular complexity index is 161. The summed E-state index contributed by atoms with van der Waals surface area (Å²) in [6.07, 6.45) is 1.88. The normalized spacial score (nSPS) is 26.3. The average Bonchev–Trinajstić information content (AvgIpc) is 1.95. The Hall–Kier alpha value is -0.790. The van der Waals surface area contributed by atoms with Crippen LogP contribution in [0.4, 0.5) is 0 Å². The summed E-state index contributed by atoms with van der Waals surface area (Å²) in [7, 11) is 0. The third-order valence-electron chi connectivity index (χ3n) is 1.85. The van der Waals surface area contributed by atoms with Crippen molar-refractivity contribution in [3.63, 3.8) is 0 Å². The van der Waals surface area contributed by atoms with Crippen LogP contribution in [0.2, 0.25) is 0 Å². The second kappa shape index (κ2) is 2.86. The van der Waals surface area contributed by atoms with Gasteiger partial charge >= 0.3 is 5.97 Å². The number of hydrogen-bond donors (Lipinski definition) is 0. The fourth-order valence-corrected chi connectivity index (χ4v) is 1.05. The summed E-state index contributed by atoms with van der Waals surface area (Å²) in [5.41, 5.74) is 0.623. The molecule has 2 nitrogen and oxygen atoms in total. The molecular weight excluding hydrogens is 128 g/mol. The molecule has 1 aliphatic rings. The van der Waals surface area contributed by atoms with Gasteiger partial charge in [-0.1, -0.05) is 13.5 Å². The topological polar surface area (TPSA) is 26.3 Å². The molecule has 2 heteroatoms. The number of rotatable bonds is 1. The van der Waals surface area contributed by atoms with Gasteiger partial charge in [-0.2, -0.15) is 0 Å². The molecule has 0 aromatic rings. The van der Waals surface area contributed by atoms with Gasteiger partial charge in [0.15, 0.2) is 0 Å². The maximum absolute atomic E-state index is 10.7. The zero-order valence-corrected chi connectivity index (χ0v) is 6.22. The first-order chi connectivity index (χ1) is 4.74. The van der Waals surface area contributed by atoms with Gasteiger partial charge in [0, 0.05) is 5.57 Å². The van der Waals surface area contributed by atoms with Gasteiger partial charge < -0.3 is 4.74 Å². The molecule has 1 atom stereocenters. The maximum atomic E-state index is 10.7. The molecule has 0 amide bonds. The van der Waals surface area contributed by atoms with Gasteiger partial charge in [-0.25, -0.2) is 4.79 Å². The van der Waals surface area contributed by atoms with Crippen LogP contribution in [0, 0.1) is 5.92 Å². The Labute approximate surface area is 60.9 Å². The van der Waals surface area contributed by atoms with Gasteiger partial charge in [-0.3, -0.25) is 0 Å². The smallest absolute Gasteiger partial charge is 0.333 e. The molecule has 1 aliphatic heterocycles. The molecule has 0 aliphatic carbocycles. The number of esters is 1. The Morgan fingerprint density at radius 2 is 2.50 bits per heavy atom. The van der Waals surface area contributed by atoms with Crippen molar-refractivity contribution in [3.05, 3.63) is 12.2 Å². The number of carbonyl (C=O) groups is 1. The van der Waals surface area contributed by atoms with Crippen LogP contribution in [0.15, 0.2) is 12.2 Å². The zero-order valence-electron chi connectivity index (χ0n) is 6.22. The van der Waals surface area contributed by atoms with Gasteiger partial charge in [0.1, 0.15) is 0 Å². The van der Waals surface area contributed by atoms with E-state index < -0.39 is 0 Å². The number of carbonyl (C=O) groups excluding carboxylic acids is 1. The van der Waals surface area contributed by atoms with Gasteiger partial charge in [-0.15, -0.1) is 0 Å². The number of cyclic esters (lactones) is 1. The summed E-state index contributed by atoms with van der Waals surface area (Å²) in [5.74, 6) is 0.287. The molecular formula is C8H12O2. The highest BCUT2D eigenvalue weighted by Crippen LogP contribution is 2.20. The van der Waals surface area contributed by atoms with Crippen LogP contribution in [0.3, 0.4) is 0 Å². The lowest BCUT2D eigenvalue weighted by atomic mass is 9.96. The Morgan fingerprint density at radius 1 is 1.80 bits per heavy atom. The number of ether oxygens (including phenoxy) is 1. The van der Waals surface area contributed by atoms with Crippen molar-refractivity contribution in [3.8, 4) is 0 Å². The molecule has 0 bridgehead atoms. The monoisotopic (exact) mass is 140 g/mol. The molecule has 0 radical (unpaired) electrons. The predicted octanol–water partition coefficient (Wildman–Crippen LogP) is 1.52. The Kier molecular flexibility index (Phi) is 2.10. The molecule has 0 aromatic carbocycles. The molecule has 1 saturated heterocycles. The van der Waals surface area contributed by atoms with Gasteiger partial charge in [-0.05, 0) is 18.8 Å². The average molecular weight is 140 g/mol. The minimum absolute atomic E-state index is 0.218. The van der Waals surface area contributed by atoms with E-state index in [0.717, 1.165) is 12.8 Å². The van der Waals surface area contributed by atoms with Crippen LogP contribution < -0.4 is 0 Å². The first kappa shape index (κ1) is 7.32.